The standard InChI is InChI=1S/C9H11ClN4/c1-2-14-4-3-9(12-14)13-6-8(5-10)11-7-13/h3-4,6-7H,2,5H2,1H3. The molecule has 2 heterocycles. The summed E-state index contributed by atoms with van der Waals surface area (Å²) in [6, 6.07) is 1.95. The second-order valence-corrected chi connectivity index (χ2v) is 3.20. The van der Waals surface area contributed by atoms with E-state index in [-0.39, 0.29) is 0 Å². The summed E-state index contributed by atoms with van der Waals surface area (Å²) in [5, 5.41) is 4.34. The molecule has 2 rings (SSSR count). The normalized spacial score (nSPS) is 10.7. The van der Waals surface area contributed by atoms with E-state index in [4.69, 9.17) is 11.6 Å². The monoisotopic (exact) mass is 210 g/mol. The van der Waals surface area contributed by atoms with Gasteiger partial charge in [0.25, 0.3) is 0 Å². The third-order valence-corrected chi connectivity index (χ3v) is 2.26. The van der Waals surface area contributed by atoms with Crippen LogP contribution in [0, 0.1) is 0 Å². The molecule has 0 unspecified atom stereocenters. The smallest absolute Gasteiger partial charge is 0.159 e. The van der Waals surface area contributed by atoms with Crippen LogP contribution in [0.25, 0.3) is 5.82 Å². The number of aromatic nitrogens is 4. The van der Waals surface area contributed by atoms with Crippen molar-refractivity contribution < 1.29 is 0 Å². The van der Waals surface area contributed by atoms with Crippen molar-refractivity contribution in [3.63, 3.8) is 0 Å². The van der Waals surface area contributed by atoms with Gasteiger partial charge in [-0.1, -0.05) is 0 Å². The van der Waals surface area contributed by atoms with Crippen LogP contribution in [0.2, 0.25) is 0 Å². The molecule has 0 saturated carbocycles. The number of halogens is 1. The number of hydrogen-bond acceptors (Lipinski definition) is 2. The van der Waals surface area contributed by atoms with Crippen LogP contribution < -0.4 is 0 Å². The first kappa shape index (κ1) is 9.27. The number of nitrogens with zero attached hydrogens (tertiary/aromatic N) is 4. The first-order valence-electron chi connectivity index (χ1n) is 4.46. The fourth-order valence-electron chi connectivity index (χ4n) is 1.22. The van der Waals surface area contributed by atoms with Gasteiger partial charge in [0, 0.05) is 25.0 Å². The Morgan fingerprint density at radius 3 is 2.93 bits per heavy atom. The molecule has 0 radical (unpaired) electrons. The molecule has 4 nitrogen and oxygen atoms in total. The van der Waals surface area contributed by atoms with Crippen LogP contribution in [-0.4, -0.2) is 19.3 Å². The molecule has 0 aromatic carbocycles. The summed E-state index contributed by atoms with van der Waals surface area (Å²) in [6.45, 7) is 2.92. The van der Waals surface area contributed by atoms with Crippen molar-refractivity contribution in [1.29, 1.82) is 0 Å². The van der Waals surface area contributed by atoms with Gasteiger partial charge in [0.15, 0.2) is 5.82 Å². The number of hydrogen-bond donors (Lipinski definition) is 0. The van der Waals surface area contributed by atoms with Gasteiger partial charge in [-0.25, -0.2) is 4.98 Å². The van der Waals surface area contributed by atoms with Crippen molar-refractivity contribution in [2.45, 2.75) is 19.3 Å². The van der Waals surface area contributed by atoms with Gasteiger partial charge < -0.3 is 0 Å². The lowest BCUT2D eigenvalue weighted by Gasteiger charge is -1.95. The summed E-state index contributed by atoms with van der Waals surface area (Å²) in [7, 11) is 0. The van der Waals surface area contributed by atoms with E-state index in [9.17, 15) is 0 Å². The van der Waals surface area contributed by atoms with Crippen LogP contribution in [0.5, 0.6) is 0 Å². The van der Waals surface area contributed by atoms with Crippen molar-refractivity contribution in [3.05, 3.63) is 30.5 Å². The van der Waals surface area contributed by atoms with E-state index in [1.54, 1.807) is 6.33 Å². The van der Waals surface area contributed by atoms with Gasteiger partial charge in [0.2, 0.25) is 0 Å². The van der Waals surface area contributed by atoms with Gasteiger partial charge >= 0.3 is 0 Å². The van der Waals surface area contributed by atoms with Crippen molar-refractivity contribution in [2.75, 3.05) is 0 Å². The van der Waals surface area contributed by atoms with Gasteiger partial charge in [-0.2, -0.15) is 5.10 Å². The molecule has 0 N–H and O–H groups in total. The van der Waals surface area contributed by atoms with Crippen molar-refractivity contribution in [2.24, 2.45) is 0 Å². The number of alkyl halides is 1. The molecule has 0 aliphatic rings. The molecule has 0 aliphatic carbocycles. The molecular formula is C9H11ClN4. The predicted molar refractivity (Wildman–Crippen MR) is 54.6 cm³/mol. The highest BCUT2D eigenvalue weighted by Crippen LogP contribution is 2.07. The first-order chi connectivity index (χ1) is 6.83. The van der Waals surface area contributed by atoms with Gasteiger partial charge in [0.1, 0.15) is 6.33 Å². The maximum atomic E-state index is 5.66. The van der Waals surface area contributed by atoms with Crippen molar-refractivity contribution in [1.82, 2.24) is 19.3 Å². The Morgan fingerprint density at radius 2 is 2.36 bits per heavy atom. The predicted octanol–water partition coefficient (Wildman–Crippen LogP) is 1.83. The highest BCUT2D eigenvalue weighted by molar-refractivity contribution is 6.16. The molecule has 2 aromatic rings. The fourth-order valence-corrected chi connectivity index (χ4v) is 1.36. The minimum Gasteiger partial charge on any atom is -0.289 e. The Kier molecular flexibility index (Phi) is 2.54. The van der Waals surface area contributed by atoms with Gasteiger partial charge in [-0.3, -0.25) is 9.25 Å². The quantitative estimate of drug-likeness (QED) is 0.725. The summed E-state index contributed by atoms with van der Waals surface area (Å²) in [5.41, 5.74) is 0.859. The summed E-state index contributed by atoms with van der Waals surface area (Å²) in [4.78, 5) is 4.13. The number of rotatable bonds is 3. The second kappa shape index (κ2) is 3.84. The molecule has 0 aliphatic heterocycles. The third kappa shape index (κ3) is 1.65. The molecule has 0 fully saturated rings. The number of aryl methyl sites for hydroxylation is 1. The summed E-state index contributed by atoms with van der Waals surface area (Å²) >= 11 is 5.66. The molecule has 14 heavy (non-hydrogen) atoms. The Hall–Kier alpha value is -1.29. The van der Waals surface area contributed by atoms with E-state index >= 15 is 0 Å². The Balaban J connectivity index is 2.29. The Labute approximate surface area is 87.1 Å². The zero-order valence-corrected chi connectivity index (χ0v) is 8.65. The maximum absolute atomic E-state index is 5.66. The average Bonchev–Trinajstić information content (AvgIpc) is 2.86. The zero-order valence-electron chi connectivity index (χ0n) is 7.89. The SMILES string of the molecule is CCn1ccc(-n2cnc(CCl)c2)n1. The highest BCUT2D eigenvalue weighted by atomic mass is 35.5. The van der Waals surface area contributed by atoms with E-state index in [0.717, 1.165) is 18.1 Å². The topological polar surface area (TPSA) is 35.6 Å². The molecule has 0 spiro atoms. The molecular weight excluding hydrogens is 200 g/mol. The van der Waals surface area contributed by atoms with Crippen molar-refractivity contribution >= 4 is 11.6 Å². The fraction of sp³-hybridized carbons (Fsp3) is 0.333. The largest absolute Gasteiger partial charge is 0.289 e. The molecule has 0 saturated heterocycles. The zero-order chi connectivity index (χ0) is 9.97. The van der Waals surface area contributed by atoms with Gasteiger partial charge in [-0.15, -0.1) is 11.6 Å². The molecule has 0 atom stereocenters. The summed E-state index contributed by atoms with van der Waals surface area (Å²) in [6.07, 6.45) is 5.55. The van der Waals surface area contributed by atoms with E-state index in [0.29, 0.717) is 5.88 Å². The van der Waals surface area contributed by atoms with Crippen LogP contribution in [0.3, 0.4) is 0 Å². The maximum Gasteiger partial charge on any atom is 0.159 e. The second-order valence-electron chi connectivity index (χ2n) is 2.94. The summed E-state index contributed by atoms with van der Waals surface area (Å²) < 4.78 is 3.74. The van der Waals surface area contributed by atoms with Crippen LogP contribution >= 0.6 is 11.6 Å². The minimum atomic E-state index is 0.432. The third-order valence-electron chi connectivity index (χ3n) is 1.99. The van der Waals surface area contributed by atoms with Crippen LogP contribution in [0.15, 0.2) is 24.8 Å². The van der Waals surface area contributed by atoms with E-state index < -0.39 is 0 Å². The highest BCUT2D eigenvalue weighted by Gasteiger charge is 2.02. The molecule has 0 amide bonds. The van der Waals surface area contributed by atoms with Crippen LogP contribution in [0.4, 0.5) is 0 Å². The lowest BCUT2D eigenvalue weighted by atomic mass is 10.5. The van der Waals surface area contributed by atoms with E-state index in [1.807, 2.05) is 27.7 Å². The van der Waals surface area contributed by atoms with Crippen molar-refractivity contribution in [3.8, 4) is 5.82 Å². The molecule has 74 valence electrons. The van der Waals surface area contributed by atoms with E-state index in [1.165, 1.54) is 0 Å². The van der Waals surface area contributed by atoms with Gasteiger partial charge in [-0.05, 0) is 6.92 Å². The summed E-state index contributed by atoms with van der Waals surface area (Å²) in [5.74, 6) is 1.30. The lowest BCUT2D eigenvalue weighted by molar-refractivity contribution is 0.652. The van der Waals surface area contributed by atoms with Gasteiger partial charge in [0.05, 0.1) is 11.6 Å². The first-order valence-corrected chi connectivity index (χ1v) is 4.99. The minimum absolute atomic E-state index is 0.432. The number of imidazole rings is 1. The molecule has 0 bridgehead atoms. The average molecular weight is 211 g/mol. The lowest BCUT2D eigenvalue weighted by Crippen LogP contribution is -1.97. The van der Waals surface area contributed by atoms with E-state index in [2.05, 4.69) is 17.0 Å². The molecule has 5 heteroatoms. The Bertz CT molecular complexity index is 378. The Morgan fingerprint density at radius 1 is 1.50 bits per heavy atom. The molecule has 2 aromatic heterocycles. The van der Waals surface area contributed by atoms with Crippen LogP contribution in [0.1, 0.15) is 12.6 Å². The van der Waals surface area contributed by atoms with Crippen LogP contribution in [-0.2, 0) is 12.4 Å².